The highest BCUT2D eigenvalue weighted by Gasteiger charge is 2.23. The Morgan fingerprint density at radius 1 is 1.61 bits per heavy atom. The van der Waals surface area contributed by atoms with E-state index < -0.39 is 6.09 Å². The Labute approximate surface area is 110 Å². The van der Waals surface area contributed by atoms with E-state index in [0.29, 0.717) is 11.8 Å². The monoisotopic (exact) mass is 265 g/mol. The lowest BCUT2D eigenvalue weighted by atomic mass is 10.3. The van der Waals surface area contributed by atoms with E-state index in [-0.39, 0.29) is 0 Å². The minimum absolute atomic E-state index is 0.336. The molecule has 1 aromatic rings. The number of nitrogens with zero attached hydrogens (tertiary/aromatic N) is 3. The quantitative estimate of drug-likeness (QED) is 0.822. The Hall–Kier alpha value is -1.56. The van der Waals surface area contributed by atoms with Crippen molar-refractivity contribution < 1.29 is 9.53 Å². The van der Waals surface area contributed by atoms with Crippen LogP contribution >= 0.6 is 11.8 Å². The number of hydrogen-bond acceptors (Lipinski definition) is 4. The number of carbonyl (C=O) groups excluding carboxylic acids is 1. The SMILES string of the molecule is CCOC(=O)/N=C1\SCCN1c1cccc(C)n1. The van der Waals surface area contributed by atoms with Crippen molar-refractivity contribution >= 4 is 28.8 Å². The molecule has 0 radical (unpaired) electrons. The third-order valence-corrected chi connectivity index (χ3v) is 3.34. The van der Waals surface area contributed by atoms with E-state index in [1.54, 1.807) is 18.7 Å². The predicted molar refractivity (Wildman–Crippen MR) is 73.2 cm³/mol. The lowest BCUT2D eigenvalue weighted by molar-refractivity contribution is 0.163. The number of hydrogen-bond donors (Lipinski definition) is 0. The molecule has 96 valence electrons. The largest absolute Gasteiger partial charge is 0.448 e. The van der Waals surface area contributed by atoms with Crippen LogP contribution in [0.5, 0.6) is 0 Å². The molecule has 0 aromatic carbocycles. The molecule has 2 heterocycles. The van der Waals surface area contributed by atoms with Gasteiger partial charge in [-0.2, -0.15) is 4.99 Å². The number of pyridine rings is 1. The zero-order chi connectivity index (χ0) is 13.0. The summed E-state index contributed by atoms with van der Waals surface area (Å²) in [7, 11) is 0. The van der Waals surface area contributed by atoms with Gasteiger partial charge in [0.05, 0.1) is 6.61 Å². The third kappa shape index (κ3) is 3.01. The predicted octanol–water partition coefficient (Wildman–Crippen LogP) is 2.46. The molecule has 1 aliphatic heterocycles. The highest BCUT2D eigenvalue weighted by Crippen LogP contribution is 2.24. The molecule has 0 saturated carbocycles. The van der Waals surface area contributed by atoms with E-state index in [0.717, 1.165) is 23.8 Å². The Kier molecular flexibility index (Phi) is 4.19. The fourth-order valence-electron chi connectivity index (χ4n) is 1.62. The minimum Gasteiger partial charge on any atom is -0.448 e. The smallest absolute Gasteiger partial charge is 0.436 e. The van der Waals surface area contributed by atoms with Gasteiger partial charge >= 0.3 is 6.09 Å². The molecule has 6 heteroatoms. The normalized spacial score (nSPS) is 17.2. The van der Waals surface area contributed by atoms with Crippen molar-refractivity contribution in [1.82, 2.24) is 4.98 Å². The summed E-state index contributed by atoms with van der Waals surface area (Å²) in [6.45, 7) is 4.84. The lowest BCUT2D eigenvalue weighted by Crippen LogP contribution is -2.25. The molecule has 0 bridgehead atoms. The second-order valence-corrected chi connectivity index (χ2v) is 4.79. The number of amides is 1. The van der Waals surface area contributed by atoms with Gasteiger partial charge in [0.1, 0.15) is 5.82 Å². The molecule has 1 saturated heterocycles. The maximum atomic E-state index is 11.4. The summed E-state index contributed by atoms with van der Waals surface area (Å²) in [4.78, 5) is 21.7. The zero-order valence-electron chi connectivity index (χ0n) is 10.4. The van der Waals surface area contributed by atoms with Crippen LogP contribution in [0.3, 0.4) is 0 Å². The first kappa shape index (κ1) is 12.9. The summed E-state index contributed by atoms with van der Waals surface area (Å²) < 4.78 is 4.82. The molecule has 1 aromatic heterocycles. The van der Waals surface area contributed by atoms with Crippen molar-refractivity contribution in [2.24, 2.45) is 4.99 Å². The highest BCUT2D eigenvalue weighted by atomic mass is 32.2. The molecule has 18 heavy (non-hydrogen) atoms. The van der Waals surface area contributed by atoms with E-state index in [2.05, 4.69) is 9.98 Å². The third-order valence-electron chi connectivity index (χ3n) is 2.38. The van der Waals surface area contributed by atoms with Crippen molar-refractivity contribution in [3.8, 4) is 0 Å². The number of aryl methyl sites for hydroxylation is 1. The Morgan fingerprint density at radius 3 is 3.17 bits per heavy atom. The van der Waals surface area contributed by atoms with Gasteiger partial charge in [-0.05, 0) is 26.0 Å². The van der Waals surface area contributed by atoms with Crippen molar-refractivity contribution in [1.29, 1.82) is 0 Å². The first-order valence-electron chi connectivity index (χ1n) is 5.80. The number of carbonyl (C=O) groups is 1. The summed E-state index contributed by atoms with van der Waals surface area (Å²) in [6.07, 6.45) is -0.542. The van der Waals surface area contributed by atoms with Crippen LogP contribution in [0.2, 0.25) is 0 Å². The average molecular weight is 265 g/mol. The van der Waals surface area contributed by atoms with Gasteiger partial charge in [0, 0.05) is 18.0 Å². The highest BCUT2D eigenvalue weighted by molar-refractivity contribution is 8.14. The number of thioether (sulfide) groups is 1. The van der Waals surface area contributed by atoms with E-state index in [9.17, 15) is 4.79 Å². The fraction of sp³-hybridized carbons (Fsp3) is 0.417. The van der Waals surface area contributed by atoms with E-state index >= 15 is 0 Å². The standard InChI is InChI=1S/C12H15N3O2S/c1-3-17-12(16)14-11-15(7-8-18-11)10-6-4-5-9(2)13-10/h4-6H,3,7-8H2,1-2H3/b14-11-. The zero-order valence-corrected chi connectivity index (χ0v) is 11.2. The number of amidine groups is 1. The number of ether oxygens (including phenoxy) is 1. The molecule has 2 rings (SSSR count). The van der Waals surface area contributed by atoms with E-state index in [1.807, 2.05) is 30.0 Å². The van der Waals surface area contributed by atoms with Crippen LogP contribution in [-0.4, -0.2) is 35.1 Å². The van der Waals surface area contributed by atoms with Crippen LogP contribution in [-0.2, 0) is 4.74 Å². The minimum atomic E-state index is -0.542. The van der Waals surface area contributed by atoms with Crippen LogP contribution in [0.1, 0.15) is 12.6 Å². The lowest BCUT2D eigenvalue weighted by Gasteiger charge is -2.16. The van der Waals surface area contributed by atoms with Gasteiger partial charge in [-0.1, -0.05) is 17.8 Å². The molecule has 1 aliphatic rings. The molecule has 0 spiro atoms. The van der Waals surface area contributed by atoms with Crippen LogP contribution in [0, 0.1) is 6.92 Å². The van der Waals surface area contributed by atoms with Gasteiger partial charge in [0.2, 0.25) is 0 Å². The van der Waals surface area contributed by atoms with Gasteiger partial charge in [0.15, 0.2) is 5.17 Å². The van der Waals surface area contributed by atoms with E-state index in [1.165, 1.54) is 0 Å². The Morgan fingerprint density at radius 2 is 2.44 bits per heavy atom. The Balaban J connectivity index is 2.19. The summed E-state index contributed by atoms with van der Waals surface area (Å²) in [5, 5.41) is 0.659. The first-order valence-corrected chi connectivity index (χ1v) is 6.78. The van der Waals surface area contributed by atoms with Crippen molar-refractivity contribution in [3.63, 3.8) is 0 Å². The number of anilines is 1. The van der Waals surface area contributed by atoms with Gasteiger partial charge in [-0.3, -0.25) is 0 Å². The maximum absolute atomic E-state index is 11.4. The molecule has 0 unspecified atom stereocenters. The molecular formula is C12H15N3O2S. The number of rotatable bonds is 2. The van der Waals surface area contributed by atoms with Crippen molar-refractivity contribution in [2.75, 3.05) is 23.8 Å². The van der Waals surface area contributed by atoms with Crippen molar-refractivity contribution in [3.05, 3.63) is 23.9 Å². The Bertz CT molecular complexity index is 476. The second-order valence-electron chi connectivity index (χ2n) is 3.73. The summed E-state index contributed by atoms with van der Waals surface area (Å²) >= 11 is 1.54. The number of aliphatic imine (C=N–C) groups is 1. The topological polar surface area (TPSA) is 54.8 Å². The molecule has 0 aliphatic carbocycles. The first-order chi connectivity index (χ1) is 8.70. The van der Waals surface area contributed by atoms with Gasteiger partial charge < -0.3 is 9.64 Å². The average Bonchev–Trinajstić information content (AvgIpc) is 2.77. The summed E-state index contributed by atoms with van der Waals surface area (Å²) in [5.74, 6) is 1.72. The molecule has 0 atom stereocenters. The van der Waals surface area contributed by atoms with Gasteiger partial charge in [-0.25, -0.2) is 9.78 Å². The molecule has 0 N–H and O–H groups in total. The second kappa shape index (κ2) is 5.86. The van der Waals surface area contributed by atoms with Gasteiger partial charge in [0.25, 0.3) is 0 Å². The molecule has 1 amide bonds. The van der Waals surface area contributed by atoms with Crippen LogP contribution in [0.4, 0.5) is 10.6 Å². The molecule has 1 fully saturated rings. The summed E-state index contributed by atoms with van der Waals surface area (Å²) in [6, 6.07) is 5.80. The summed E-state index contributed by atoms with van der Waals surface area (Å²) in [5.41, 5.74) is 0.944. The molecular weight excluding hydrogens is 250 g/mol. The van der Waals surface area contributed by atoms with Gasteiger partial charge in [-0.15, -0.1) is 0 Å². The van der Waals surface area contributed by atoms with Crippen LogP contribution in [0.25, 0.3) is 0 Å². The number of aromatic nitrogens is 1. The molecule has 5 nitrogen and oxygen atoms in total. The maximum Gasteiger partial charge on any atom is 0.436 e. The van der Waals surface area contributed by atoms with E-state index in [4.69, 9.17) is 4.74 Å². The fourth-order valence-corrected chi connectivity index (χ4v) is 2.56. The van der Waals surface area contributed by atoms with Crippen LogP contribution in [0.15, 0.2) is 23.2 Å². The van der Waals surface area contributed by atoms with Crippen LogP contribution < -0.4 is 4.90 Å². The van der Waals surface area contributed by atoms with Crippen molar-refractivity contribution in [2.45, 2.75) is 13.8 Å².